The summed E-state index contributed by atoms with van der Waals surface area (Å²) in [6, 6.07) is 0. The molecule has 0 bridgehead atoms. The minimum Gasteiger partial charge on any atom is -0.389 e. The lowest BCUT2D eigenvalue weighted by Gasteiger charge is -2.47. The highest BCUT2D eigenvalue weighted by atomic mass is 16.3. The quantitative estimate of drug-likeness (QED) is 0.870. The Hall–Kier alpha value is -1.36. The van der Waals surface area contributed by atoms with Gasteiger partial charge in [0.2, 0.25) is 5.91 Å². The predicted molar refractivity (Wildman–Crippen MR) is 77.5 cm³/mol. The molecular formula is C16H23N3O2. The number of aromatic nitrogens is 2. The fourth-order valence-electron chi connectivity index (χ4n) is 4.29. The zero-order valence-corrected chi connectivity index (χ0v) is 12.3. The van der Waals surface area contributed by atoms with Crippen LogP contribution in [0.2, 0.25) is 0 Å². The number of nitrogens with one attached hydrogen (secondary N) is 1. The van der Waals surface area contributed by atoms with Crippen LogP contribution in [0.5, 0.6) is 0 Å². The first-order chi connectivity index (χ1) is 10.2. The summed E-state index contributed by atoms with van der Waals surface area (Å²) in [5.41, 5.74) is 0.584. The molecule has 5 heteroatoms. The molecule has 2 saturated carbocycles. The van der Waals surface area contributed by atoms with E-state index >= 15 is 0 Å². The lowest BCUT2D eigenvalue weighted by molar-refractivity contribution is -0.144. The van der Waals surface area contributed by atoms with Crippen LogP contribution < -0.4 is 0 Å². The minimum atomic E-state index is -0.499. The summed E-state index contributed by atoms with van der Waals surface area (Å²) in [5, 5.41) is 10.7. The highest BCUT2D eigenvalue weighted by Gasteiger charge is 2.50. The van der Waals surface area contributed by atoms with E-state index in [1.54, 1.807) is 6.33 Å². The highest BCUT2D eigenvalue weighted by Crippen LogP contribution is 2.49. The van der Waals surface area contributed by atoms with E-state index in [1.807, 2.05) is 11.1 Å². The molecule has 0 aromatic carbocycles. The number of amides is 1. The lowest BCUT2D eigenvalue weighted by atomic mass is 9.71. The fourth-order valence-corrected chi connectivity index (χ4v) is 4.29. The summed E-state index contributed by atoms with van der Waals surface area (Å²) in [4.78, 5) is 21.8. The van der Waals surface area contributed by atoms with Crippen LogP contribution in [0, 0.1) is 11.8 Å². The molecule has 5 nitrogen and oxygen atoms in total. The van der Waals surface area contributed by atoms with Crippen molar-refractivity contribution in [1.82, 2.24) is 14.9 Å². The molecule has 0 radical (unpaired) electrons. The molecule has 2 unspecified atom stereocenters. The van der Waals surface area contributed by atoms with Crippen LogP contribution >= 0.6 is 0 Å². The SMILES string of the molecule is O=C([C@@H]1C[C@H]1c1cnc[nH]1)N1CCC2(O)CCCCC2C1. The van der Waals surface area contributed by atoms with Gasteiger partial charge in [-0.3, -0.25) is 4.79 Å². The molecule has 0 spiro atoms. The van der Waals surface area contributed by atoms with E-state index in [2.05, 4.69) is 9.97 Å². The van der Waals surface area contributed by atoms with Gasteiger partial charge in [-0.15, -0.1) is 0 Å². The van der Waals surface area contributed by atoms with Crippen molar-refractivity contribution in [2.75, 3.05) is 13.1 Å². The van der Waals surface area contributed by atoms with Gasteiger partial charge in [0.05, 0.1) is 11.9 Å². The molecule has 3 fully saturated rings. The summed E-state index contributed by atoms with van der Waals surface area (Å²) in [5.74, 6) is 1.02. The first-order valence-electron chi connectivity index (χ1n) is 8.17. The number of aromatic amines is 1. The Bertz CT molecular complexity index is 530. The third-order valence-corrected chi connectivity index (χ3v) is 5.77. The van der Waals surface area contributed by atoms with E-state index in [4.69, 9.17) is 0 Å². The smallest absolute Gasteiger partial charge is 0.226 e. The van der Waals surface area contributed by atoms with Crippen LogP contribution in [0.15, 0.2) is 12.5 Å². The standard InChI is InChI=1S/C16H23N3O2/c20-15(13-7-12(13)14-8-17-10-18-14)19-6-5-16(21)4-2-1-3-11(16)9-19/h8,10-13,21H,1-7,9H2,(H,17,18)/t11?,12-,13-,16?/m1/s1. The van der Waals surface area contributed by atoms with E-state index in [0.717, 1.165) is 50.9 Å². The third kappa shape index (κ3) is 2.27. The summed E-state index contributed by atoms with van der Waals surface area (Å²) in [6.45, 7) is 1.47. The Balaban J connectivity index is 1.40. The molecule has 4 atom stereocenters. The monoisotopic (exact) mass is 289 g/mol. The van der Waals surface area contributed by atoms with Crippen LogP contribution in [-0.4, -0.2) is 44.6 Å². The van der Waals surface area contributed by atoms with Crippen LogP contribution in [0.4, 0.5) is 0 Å². The molecule has 1 aliphatic heterocycles. The molecule has 2 heterocycles. The summed E-state index contributed by atoms with van der Waals surface area (Å²) in [7, 11) is 0. The maximum atomic E-state index is 12.7. The van der Waals surface area contributed by atoms with E-state index < -0.39 is 5.60 Å². The number of carbonyl (C=O) groups is 1. The number of piperidine rings is 1. The van der Waals surface area contributed by atoms with Crippen molar-refractivity contribution in [3.63, 3.8) is 0 Å². The second kappa shape index (κ2) is 4.83. The van der Waals surface area contributed by atoms with Gasteiger partial charge < -0.3 is 15.0 Å². The largest absolute Gasteiger partial charge is 0.389 e. The number of rotatable bonds is 2. The van der Waals surface area contributed by atoms with Crippen LogP contribution in [0.1, 0.15) is 50.1 Å². The van der Waals surface area contributed by atoms with Crippen LogP contribution in [0.3, 0.4) is 0 Å². The number of carbonyl (C=O) groups excluding carboxylic acids is 1. The Labute approximate surface area is 124 Å². The number of H-pyrrole nitrogens is 1. The minimum absolute atomic E-state index is 0.125. The molecule has 1 saturated heterocycles. The molecule has 2 N–H and O–H groups in total. The van der Waals surface area contributed by atoms with Crippen molar-refractivity contribution >= 4 is 5.91 Å². The molecule has 1 aromatic heterocycles. The van der Waals surface area contributed by atoms with Gasteiger partial charge in [0.15, 0.2) is 0 Å². The molecule has 1 amide bonds. The van der Waals surface area contributed by atoms with Crippen molar-refractivity contribution in [1.29, 1.82) is 0 Å². The van der Waals surface area contributed by atoms with E-state index in [1.165, 1.54) is 6.42 Å². The zero-order chi connectivity index (χ0) is 14.4. The summed E-state index contributed by atoms with van der Waals surface area (Å²) in [6.07, 6.45) is 9.50. The lowest BCUT2D eigenvalue weighted by Crippen LogP contribution is -2.55. The van der Waals surface area contributed by atoms with Crippen molar-refractivity contribution in [3.8, 4) is 0 Å². The third-order valence-electron chi connectivity index (χ3n) is 5.77. The highest BCUT2D eigenvalue weighted by molar-refractivity contribution is 5.83. The van der Waals surface area contributed by atoms with Gasteiger partial charge in [-0.25, -0.2) is 4.98 Å². The average molecular weight is 289 g/mol. The number of imidazole rings is 1. The second-order valence-corrected chi connectivity index (χ2v) is 7.04. The second-order valence-electron chi connectivity index (χ2n) is 7.04. The van der Waals surface area contributed by atoms with Crippen molar-refractivity contribution < 1.29 is 9.90 Å². The first kappa shape index (κ1) is 13.3. The normalized spacial score (nSPS) is 38.9. The maximum Gasteiger partial charge on any atom is 0.226 e. The number of nitrogens with zero attached hydrogens (tertiary/aromatic N) is 2. The zero-order valence-electron chi connectivity index (χ0n) is 12.3. The van der Waals surface area contributed by atoms with Crippen LogP contribution in [0.25, 0.3) is 0 Å². The summed E-state index contributed by atoms with van der Waals surface area (Å²) >= 11 is 0. The number of likely N-dealkylation sites (tertiary alicyclic amines) is 1. The Morgan fingerprint density at radius 3 is 3.14 bits per heavy atom. The van der Waals surface area contributed by atoms with E-state index in [-0.39, 0.29) is 17.7 Å². The van der Waals surface area contributed by atoms with Gasteiger partial charge in [-0.2, -0.15) is 0 Å². The van der Waals surface area contributed by atoms with E-state index in [9.17, 15) is 9.90 Å². The molecular weight excluding hydrogens is 266 g/mol. The molecule has 1 aromatic rings. The van der Waals surface area contributed by atoms with Crippen molar-refractivity contribution in [2.24, 2.45) is 11.8 Å². The Morgan fingerprint density at radius 1 is 1.43 bits per heavy atom. The van der Waals surface area contributed by atoms with Gasteiger partial charge in [0.1, 0.15) is 0 Å². The van der Waals surface area contributed by atoms with Crippen molar-refractivity contribution in [3.05, 3.63) is 18.2 Å². The first-order valence-corrected chi connectivity index (χ1v) is 8.17. The van der Waals surface area contributed by atoms with E-state index in [0.29, 0.717) is 5.92 Å². The number of aliphatic hydroxyl groups is 1. The van der Waals surface area contributed by atoms with Gasteiger partial charge in [0.25, 0.3) is 0 Å². The van der Waals surface area contributed by atoms with Gasteiger partial charge in [-0.1, -0.05) is 12.8 Å². The maximum absolute atomic E-state index is 12.7. The topological polar surface area (TPSA) is 69.2 Å². The average Bonchev–Trinajstić information content (AvgIpc) is 3.11. The predicted octanol–water partition coefficient (Wildman–Crippen LogP) is 1.67. The Morgan fingerprint density at radius 2 is 2.33 bits per heavy atom. The van der Waals surface area contributed by atoms with Crippen LogP contribution in [-0.2, 0) is 4.79 Å². The molecule has 2 aliphatic carbocycles. The van der Waals surface area contributed by atoms with Gasteiger partial charge in [-0.05, 0) is 25.7 Å². The molecule has 3 aliphatic rings. The molecule has 4 rings (SSSR count). The summed E-state index contributed by atoms with van der Waals surface area (Å²) < 4.78 is 0. The number of fused-ring (bicyclic) bond motifs is 1. The molecule has 114 valence electrons. The number of hydrogen-bond acceptors (Lipinski definition) is 3. The van der Waals surface area contributed by atoms with Crippen molar-refractivity contribution in [2.45, 2.75) is 50.0 Å². The number of hydrogen-bond donors (Lipinski definition) is 2. The van der Waals surface area contributed by atoms with Gasteiger partial charge >= 0.3 is 0 Å². The van der Waals surface area contributed by atoms with Gasteiger partial charge in [0, 0.05) is 42.7 Å². The fraction of sp³-hybridized carbons (Fsp3) is 0.750. The Kier molecular flexibility index (Phi) is 3.06. The molecule has 21 heavy (non-hydrogen) atoms.